The van der Waals surface area contributed by atoms with Gasteiger partial charge in [-0.15, -0.1) is 0 Å². The van der Waals surface area contributed by atoms with Gasteiger partial charge in [0.2, 0.25) is 0 Å². The van der Waals surface area contributed by atoms with Crippen LogP contribution in [0.2, 0.25) is 0 Å². The topological polar surface area (TPSA) is 109 Å². The summed E-state index contributed by atoms with van der Waals surface area (Å²) < 4.78 is 27.7. The van der Waals surface area contributed by atoms with Gasteiger partial charge in [-0.2, -0.15) is 0 Å². The van der Waals surface area contributed by atoms with Gasteiger partial charge in [-0.1, -0.05) is 24.3 Å². The maximum atomic E-state index is 13.1. The third-order valence-corrected chi connectivity index (χ3v) is 4.73. The molecule has 0 radical (unpaired) electrons. The van der Waals surface area contributed by atoms with Crippen LogP contribution in [0.15, 0.2) is 36.4 Å². The first-order valence-corrected chi connectivity index (χ1v) is 11.0. The van der Waals surface area contributed by atoms with Crippen LogP contribution >= 0.6 is 0 Å². The Morgan fingerprint density at radius 1 is 1.06 bits per heavy atom. The molecule has 0 fully saturated rings. The van der Waals surface area contributed by atoms with Crippen LogP contribution in [0, 0.1) is 0 Å². The number of aliphatic hydroxyl groups excluding tert-OH is 1. The fraction of sp³-hybridized carbons (Fsp3) is 0.542. The summed E-state index contributed by atoms with van der Waals surface area (Å²) in [5, 5.41) is 10.0. The van der Waals surface area contributed by atoms with Crippen molar-refractivity contribution in [1.29, 1.82) is 0 Å². The summed E-state index contributed by atoms with van der Waals surface area (Å²) in [6.45, 7) is 6.55. The van der Waals surface area contributed by atoms with Crippen molar-refractivity contribution in [2.75, 3.05) is 26.8 Å². The van der Waals surface area contributed by atoms with Gasteiger partial charge < -0.3 is 34.5 Å². The van der Waals surface area contributed by atoms with Crippen molar-refractivity contribution in [2.45, 2.75) is 58.3 Å². The second-order valence-electron chi connectivity index (χ2n) is 7.44. The zero-order valence-electron chi connectivity index (χ0n) is 19.1. The van der Waals surface area contributed by atoms with Crippen LogP contribution in [0.5, 0.6) is 11.5 Å². The Labute approximate surface area is 189 Å². The lowest BCUT2D eigenvalue weighted by molar-refractivity contribution is 0.0160. The average molecular weight is 450 g/mol. The minimum Gasteiger partial charge on any atom is -0.467 e. The summed E-state index contributed by atoms with van der Waals surface area (Å²) in [7, 11) is 0. The van der Waals surface area contributed by atoms with Crippen LogP contribution in [0.25, 0.3) is 0 Å². The van der Waals surface area contributed by atoms with Gasteiger partial charge in [-0.25, -0.2) is 4.79 Å². The molecule has 32 heavy (non-hydrogen) atoms. The quantitative estimate of drug-likeness (QED) is 0.270. The van der Waals surface area contributed by atoms with Crippen molar-refractivity contribution in [3.8, 4) is 11.5 Å². The van der Waals surface area contributed by atoms with Crippen molar-refractivity contribution < 1.29 is 33.6 Å². The van der Waals surface area contributed by atoms with E-state index in [2.05, 4.69) is 0 Å². The number of ether oxygens (including phenoxy) is 5. The molecule has 0 aliphatic carbocycles. The maximum absolute atomic E-state index is 13.1. The van der Waals surface area contributed by atoms with Crippen molar-refractivity contribution in [1.82, 2.24) is 0 Å². The van der Waals surface area contributed by atoms with Gasteiger partial charge in [0.1, 0.15) is 23.2 Å². The van der Waals surface area contributed by atoms with E-state index in [0.29, 0.717) is 55.1 Å². The van der Waals surface area contributed by atoms with Crippen molar-refractivity contribution in [3.63, 3.8) is 0 Å². The Hall–Kier alpha value is -2.39. The fourth-order valence-corrected chi connectivity index (χ4v) is 3.13. The van der Waals surface area contributed by atoms with Gasteiger partial charge in [-0.3, -0.25) is 0 Å². The van der Waals surface area contributed by atoms with Gasteiger partial charge in [0, 0.05) is 31.7 Å². The van der Waals surface area contributed by atoms with E-state index in [1.165, 1.54) is 0 Å². The highest BCUT2D eigenvalue weighted by Crippen LogP contribution is 2.31. The number of carbonyl (C=O) groups is 1. The highest BCUT2D eigenvalue weighted by atomic mass is 16.7. The first-order valence-electron chi connectivity index (χ1n) is 11.0. The summed E-state index contributed by atoms with van der Waals surface area (Å²) in [5.74, 6) is 0.270. The van der Waals surface area contributed by atoms with Gasteiger partial charge in [0.15, 0.2) is 13.6 Å². The highest BCUT2D eigenvalue weighted by Gasteiger charge is 2.24. The number of fused-ring (bicyclic) bond motifs is 1. The molecule has 1 aliphatic heterocycles. The Balaban J connectivity index is 2.45. The summed E-state index contributed by atoms with van der Waals surface area (Å²) in [4.78, 5) is 13.1. The van der Waals surface area contributed by atoms with E-state index in [9.17, 15) is 9.90 Å². The summed E-state index contributed by atoms with van der Waals surface area (Å²) >= 11 is 0. The lowest BCUT2D eigenvalue weighted by Gasteiger charge is -2.20. The highest BCUT2D eigenvalue weighted by molar-refractivity contribution is 5.94. The minimum absolute atomic E-state index is 0.0206. The van der Waals surface area contributed by atoms with E-state index in [-0.39, 0.29) is 25.7 Å². The number of hydrogen-bond donors (Lipinski definition) is 2. The van der Waals surface area contributed by atoms with Crippen LogP contribution < -0.4 is 15.2 Å². The molecule has 0 spiro atoms. The summed E-state index contributed by atoms with van der Waals surface area (Å²) in [5.41, 5.74) is 7.22. The molecule has 178 valence electrons. The number of nitrogens with two attached hydrogens (primary N) is 1. The molecule has 0 bridgehead atoms. The van der Waals surface area contributed by atoms with E-state index in [4.69, 9.17) is 29.4 Å². The zero-order chi connectivity index (χ0) is 23.3. The second-order valence-corrected chi connectivity index (χ2v) is 7.44. The predicted molar refractivity (Wildman–Crippen MR) is 121 cm³/mol. The van der Waals surface area contributed by atoms with E-state index >= 15 is 0 Å². The maximum Gasteiger partial charge on any atom is 0.342 e. The number of esters is 1. The average Bonchev–Trinajstić information content (AvgIpc) is 2.73. The zero-order valence-corrected chi connectivity index (χ0v) is 19.1. The molecule has 1 aliphatic rings. The normalized spacial score (nSPS) is 24.0. The molecule has 0 saturated heterocycles. The molecular formula is C24H35NO7. The third kappa shape index (κ3) is 8.63. The molecule has 2 rings (SSSR count). The lowest BCUT2D eigenvalue weighted by Crippen LogP contribution is -2.24. The molecule has 1 aromatic rings. The number of hydrogen-bond acceptors (Lipinski definition) is 8. The van der Waals surface area contributed by atoms with E-state index < -0.39 is 12.1 Å². The van der Waals surface area contributed by atoms with E-state index in [1.807, 2.05) is 26.0 Å². The largest absolute Gasteiger partial charge is 0.467 e. The number of cyclic esters (lactones) is 1. The molecule has 1 aromatic carbocycles. The van der Waals surface area contributed by atoms with Crippen molar-refractivity contribution in [3.05, 3.63) is 47.6 Å². The smallest absolute Gasteiger partial charge is 0.342 e. The molecule has 3 atom stereocenters. The van der Waals surface area contributed by atoms with E-state index in [0.717, 1.165) is 0 Å². The molecule has 0 saturated carbocycles. The molecule has 0 aromatic heterocycles. The molecule has 1 unspecified atom stereocenters. The first kappa shape index (κ1) is 25.9. The van der Waals surface area contributed by atoms with Crippen molar-refractivity contribution >= 4 is 5.97 Å². The van der Waals surface area contributed by atoms with Gasteiger partial charge in [0.05, 0.1) is 6.10 Å². The molecule has 8 nitrogen and oxygen atoms in total. The summed E-state index contributed by atoms with van der Waals surface area (Å²) in [6.07, 6.45) is 7.42. The predicted octanol–water partition coefficient (Wildman–Crippen LogP) is 3.11. The first-order chi connectivity index (χ1) is 15.4. The number of carbonyl (C=O) groups excluding carboxylic acids is 1. The van der Waals surface area contributed by atoms with Crippen LogP contribution in [-0.2, 0) is 20.6 Å². The van der Waals surface area contributed by atoms with Crippen LogP contribution in [0.4, 0.5) is 0 Å². The van der Waals surface area contributed by atoms with Crippen LogP contribution in [0.1, 0.15) is 49.5 Å². The molecule has 0 amide bonds. The number of benzene rings is 1. The Morgan fingerprint density at radius 2 is 1.75 bits per heavy atom. The fourth-order valence-electron chi connectivity index (χ4n) is 3.13. The molecular weight excluding hydrogens is 414 g/mol. The Bertz CT molecular complexity index is 778. The number of rotatable bonds is 8. The van der Waals surface area contributed by atoms with Crippen LogP contribution in [0.3, 0.4) is 0 Å². The monoisotopic (exact) mass is 449 g/mol. The minimum atomic E-state index is -0.617. The Kier molecular flexibility index (Phi) is 11.2. The Morgan fingerprint density at radius 3 is 2.47 bits per heavy atom. The lowest BCUT2D eigenvalue weighted by atomic mass is 9.98. The number of aliphatic hydroxyl groups is 1. The van der Waals surface area contributed by atoms with E-state index in [1.54, 1.807) is 31.2 Å². The molecule has 8 heteroatoms. The SMILES string of the molecule is CCOCOc1cc2c(c(OCOCC)c1)C(=O)O[C@H](C)C/C=C/[C@@H](O)C/C=C/C(N)C2. The second kappa shape index (κ2) is 13.9. The van der Waals surface area contributed by atoms with Gasteiger partial charge in [0.25, 0.3) is 0 Å². The van der Waals surface area contributed by atoms with Gasteiger partial charge >= 0.3 is 5.97 Å². The molecule has 1 heterocycles. The van der Waals surface area contributed by atoms with Crippen LogP contribution in [-0.4, -0.2) is 56.1 Å². The summed E-state index contributed by atoms with van der Waals surface area (Å²) in [6, 6.07) is 2.99. The van der Waals surface area contributed by atoms with Gasteiger partial charge in [-0.05, 0) is 45.2 Å². The standard InChI is InChI=1S/C24H35NO7/c1-4-28-15-30-21-13-18-12-19(25)9-7-11-20(26)10-6-8-17(3)32-24(27)23(18)22(14-21)31-16-29-5-2/h6-7,9-10,13-14,17,19-20,26H,4-5,8,11-12,15-16,25H2,1-3H3/b9-7+,10-6+/t17-,19?,20-/m1/s1. The third-order valence-electron chi connectivity index (χ3n) is 4.73. The molecule has 3 N–H and O–H groups in total. The van der Waals surface area contributed by atoms with Crippen molar-refractivity contribution in [2.24, 2.45) is 5.73 Å².